The smallest absolute Gasteiger partial charge is 0.413 e. The lowest BCUT2D eigenvalue weighted by Gasteiger charge is -2.16. The number of aromatic nitrogens is 4. The Bertz CT molecular complexity index is 1020. The molecule has 1 unspecified atom stereocenters. The number of anilines is 2. The average Bonchev–Trinajstić information content (AvgIpc) is 3.07. The van der Waals surface area contributed by atoms with E-state index in [0.717, 1.165) is 0 Å². The number of carbonyl (C=O) groups is 1. The van der Waals surface area contributed by atoms with Gasteiger partial charge in [0.1, 0.15) is 11.9 Å². The molecule has 9 nitrogen and oxygen atoms in total. The van der Waals surface area contributed by atoms with Crippen molar-refractivity contribution in [3.8, 4) is 11.4 Å². The third kappa shape index (κ3) is 5.02. The van der Waals surface area contributed by atoms with Crippen LogP contribution in [0.15, 0.2) is 47.3 Å². The van der Waals surface area contributed by atoms with Gasteiger partial charge in [0.2, 0.25) is 0 Å². The molecule has 0 radical (unpaired) electrons. The minimum atomic E-state index is -0.874. The minimum absolute atomic E-state index is 0.187. The van der Waals surface area contributed by atoms with Crippen LogP contribution in [0.4, 0.5) is 20.7 Å². The molecule has 2 heterocycles. The molecule has 2 rings (SSSR count). The number of ether oxygens (including phenoxy) is 1. The molecule has 0 fully saturated rings. The van der Waals surface area contributed by atoms with Gasteiger partial charge in [-0.25, -0.2) is 18.9 Å². The zero-order chi connectivity index (χ0) is 22.4. The van der Waals surface area contributed by atoms with Crippen molar-refractivity contribution in [2.75, 3.05) is 10.8 Å². The van der Waals surface area contributed by atoms with Crippen LogP contribution in [0.5, 0.6) is 0 Å². The maximum Gasteiger partial charge on any atom is 0.413 e. The number of aryl methyl sites for hydroxylation is 2. The fourth-order valence-electron chi connectivity index (χ4n) is 2.53. The third-order valence-electron chi connectivity index (χ3n) is 4.15. The average molecular weight is 437 g/mol. The number of allylic oxidation sites excluding steroid dienone is 3. The first kappa shape index (κ1) is 23.0. The van der Waals surface area contributed by atoms with E-state index in [1.54, 1.807) is 26.1 Å². The highest BCUT2D eigenvalue weighted by molar-refractivity contribution is 6.32. The van der Waals surface area contributed by atoms with Gasteiger partial charge in [-0.2, -0.15) is 0 Å². The molecule has 160 valence electrons. The summed E-state index contributed by atoms with van der Waals surface area (Å²) in [6.45, 7) is 8.31. The second-order valence-electron chi connectivity index (χ2n) is 6.13. The van der Waals surface area contributed by atoms with Crippen LogP contribution in [0.1, 0.15) is 19.5 Å². The van der Waals surface area contributed by atoms with Crippen LogP contribution in [0.25, 0.3) is 11.4 Å². The van der Waals surface area contributed by atoms with E-state index in [4.69, 9.17) is 21.5 Å². The summed E-state index contributed by atoms with van der Waals surface area (Å²) in [5.41, 5.74) is 3.93. The van der Waals surface area contributed by atoms with Gasteiger partial charge in [-0.3, -0.25) is 16.0 Å². The Morgan fingerprint density at radius 3 is 2.73 bits per heavy atom. The van der Waals surface area contributed by atoms with Crippen LogP contribution >= 0.6 is 11.6 Å². The molecule has 3 N–H and O–H groups in total. The summed E-state index contributed by atoms with van der Waals surface area (Å²) in [4.78, 5) is 16.8. The maximum atomic E-state index is 13.8. The molecular weight excluding hydrogens is 415 g/mol. The number of rotatable bonds is 7. The first-order valence-electron chi connectivity index (χ1n) is 8.83. The van der Waals surface area contributed by atoms with Gasteiger partial charge in [-0.1, -0.05) is 35.5 Å². The monoisotopic (exact) mass is 436 g/mol. The molecule has 1 atom stereocenters. The zero-order valence-corrected chi connectivity index (χ0v) is 17.7. The molecule has 0 spiro atoms. The predicted octanol–water partition coefficient (Wildman–Crippen LogP) is 4.48. The lowest BCUT2D eigenvalue weighted by atomic mass is 10.1. The molecule has 30 heavy (non-hydrogen) atoms. The summed E-state index contributed by atoms with van der Waals surface area (Å²) in [6, 6.07) is 3.21. The molecule has 1 amide bonds. The van der Waals surface area contributed by atoms with Crippen molar-refractivity contribution in [2.45, 2.75) is 26.9 Å². The SMILES string of the molecule is C=C/C(=C(Cl)\C(F)=C/C)C(C)OC(=O)Nc1c(-c2ccc(NO)c(C)n2)nnn1C. The van der Waals surface area contributed by atoms with E-state index in [1.165, 1.54) is 30.7 Å². The van der Waals surface area contributed by atoms with Gasteiger partial charge in [0.15, 0.2) is 11.5 Å². The molecule has 11 heteroatoms. The van der Waals surface area contributed by atoms with Crippen LogP contribution < -0.4 is 10.8 Å². The van der Waals surface area contributed by atoms with Gasteiger partial charge in [0.05, 0.1) is 22.1 Å². The van der Waals surface area contributed by atoms with Crippen molar-refractivity contribution in [3.63, 3.8) is 0 Å². The second-order valence-corrected chi connectivity index (χ2v) is 6.51. The third-order valence-corrected chi connectivity index (χ3v) is 4.55. The summed E-state index contributed by atoms with van der Waals surface area (Å²) in [6.07, 6.45) is 0.813. The number of nitrogens with one attached hydrogen (secondary N) is 2. The van der Waals surface area contributed by atoms with Gasteiger partial charge < -0.3 is 4.74 Å². The highest BCUT2D eigenvalue weighted by atomic mass is 35.5. The van der Waals surface area contributed by atoms with E-state index in [1.807, 2.05) is 5.48 Å². The van der Waals surface area contributed by atoms with Crippen LogP contribution in [0, 0.1) is 6.92 Å². The Balaban J connectivity index is 2.25. The van der Waals surface area contributed by atoms with E-state index in [9.17, 15) is 9.18 Å². The molecule has 0 aliphatic rings. The minimum Gasteiger partial charge on any atom is -0.441 e. The maximum absolute atomic E-state index is 13.8. The van der Waals surface area contributed by atoms with Crippen LogP contribution in [0.3, 0.4) is 0 Å². The largest absolute Gasteiger partial charge is 0.441 e. The lowest BCUT2D eigenvalue weighted by Crippen LogP contribution is -2.23. The summed E-state index contributed by atoms with van der Waals surface area (Å²) >= 11 is 5.99. The fraction of sp³-hybridized carbons (Fsp3) is 0.263. The van der Waals surface area contributed by atoms with Crippen molar-refractivity contribution in [1.29, 1.82) is 0 Å². The van der Waals surface area contributed by atoms with E-state index in [2.05, 4.69) is 27.2 Å². The van der Waals surface area contributed by atoms with Gasteiger partial charge in [-0.05, 0) is 32.9 Å². The Labute approximate surface area is 177 Å². The fourth-order valence-corrected chi connectivity index (χ4v) is 2.87. The van der Waals surface area contributed by atoms with Crippen molar-refractivity contribution >= 4 is 29.2 Å². The number of pyridine rings is 1. The highest BCUT2D eigenvalue weighted by Crippen LogP contribution is 2.27. The van der Waals surface area contributed by atoms with Gasteiger partial charge in [0, 0.05) is 12.6 Å². The van der Waals surface area contributed by atoms with E-state index < -0.39 is 18.0 Å². The Hall–Kier alpha value is -3.24. The van der Waals surface area contributed by atoms with Gasteiger partial charge in [-0.15, -0.1) is 5.10 Å². The molecule has 0 aromatic carbocycles. The van der Waals surface area contributed by atoms with Crippen molar-refractivity contribution in [2.24, 2.45) is 7.05 Å². The summed E-state index contributed by atoms with van der Waals surface area (Å²) < 4.78 is 20.4. The molecule has 0 aliphatic heterocycles. The summed E-state index contributed by atoms with van der Waals surface area (Å²) in [7, 11) is 1.58. The lowest BCUT2D eigenvalue weighted by molar-refractivity contribution is 0.138. The summed E-state index contributed by atoms with van der Waals surface area (Å²) in [5.74, 6) is -0.415. The van der Waals surface area contributed by atoms with E-state index in [-0.39, 0.29) is 16.4 Å². The van der Waals surface area contributed by atoms with Crippen molar-refractivity contribution in [1.82, 2.24) is 20.0 Å². The molecule has 0 bridgehead atoms. The zero-order valence-electron chi connectivity index (χ0n) is 16.9. The first-order valence-corrected chi connectivity index (χ1v) is 9.20. The number of hydrogen-bond donors (Lipinski definition) is 3. The quantitative estimate of drug-likeness (QED) is 0.433. The molecule has 0 aliphatic carbocycles. The number of carbonyl (C=O) groups excluding carboxylic acids is 1. The van der Waals surface area contributed by atoms with Crippen molar-refractivity contribution < 1.29 is 19.1 Å². The van der Waals surface area contributed by atoms with E-state index in [0.29, 0.717) is 22.8 Å². The topological polar surface area (TPSA) is 114 Å². The van der Waals surface area contributed by atoms with Gasteiger partial charge >= 0.3 is 6.09 Å². The second kappa shape index (κ2) is 9.99. The Kier molecular flexibility index (Phi) is 7.67. The number of hydrogen-bond acceptors (Lipinski definition) is 7. The van der Waals surface area contributed by atoms with E-state index >= 15 is 0 Å². The molecule has 0 saturated heterocycles. The number of nitrogens with zero attached hydrogens (tertiary/aromatic N) is 4. The van der Waals surface area contributed by atoms with Crippen LogP contribution in [-0.2, 0) is 11.8 Å². The van der Waals surface area contributed by atoms with Crippen LogP contribution in [0.2, 0.25) is 0 Å². The predicted molar refractivity (Wildman–Crippen MR) is 112 cm³/mol. The van der Waals surface area contributed by atoms with Gasteiger partial charge in [0.25, 0.3) is 0 Å². The van der Waals surface area contributed by atoms with Crippen LogP contribution in [-0.4, -0.2) is 37.4 Å². The molecule has 2 aromatic rings. The number of halogens is 2. The normalized spacial score (nSPS) is 13.4. The standard InChI is InChI=1S/C19H22ClFN6O3/c1-6-12(16(20)13(21)7-2)11(4)30-19(28)23-18-17(24-26-27(18)5)15-9-8-14(25-29)10(3)22-15/h6-9,11,25,29H,1H2,2-5H3,(H,23,28)/b13-7+,16-12-. The molecular formula is C19H22ClFN6O3. The summed E-state index contributed by atoms with van der Waals surface area (Å²) in [5, 5.41) is 19.3. The van der Waals surface area contributed by atoms with Crippen molar-refractivity contribution in [3.05, 3.63) is 53.0 Å². The molecule has 0 saturated carbocycles. The number of amides is 1. The highest BCUT2D eigenvalue weighted by Gasteiger charge is 2.21. The first-order chi connectivity index (χ1) is 14.2. The Morgan fingerprint density at radius 2 is 2.17 bits per heavy atom. The molecule has 2 aromatic heterocycles. The Morgan fingerprint density at radius 1 is 1.47 bits per heavy atom.